The topological polar surface area (TPSA) is 181 Å². The van der Waals surface area contributed by atoms with Gasteiger partial charge in [0.1, 0.15) is 5.69 Å². The predicted octanol–water partition coefficient (Wildman–Crippen LogP) is 3.91. The lowest BCUT2D eigenvalue weighted by Gasteiger charge is -2.25. The van der Waals surface area contributed by atoms with Gasteiger partial charge in [-0.3, -0.25) is 20.2 Å². The maximum atomic E-state index is 14.1. The number of aryl methyl sites for hydroxylation is 1. The first-order valence-corrected chi connectivity index (χ1v) is 12.7. The van der Waals surface area contributed by atoms with Gasteiger partial charge < -0.3 is 4.74 Å². The number of rotatable bonds is 9. The average molecular weight is 553 g/mol. The molecule has 15 heteroatoms. The highest BCUT2D eigenvalue weighted by atomic mass is 32.2. The number of nitrogens with zero attached hydrogens (tertiary/aromatic N) is 6. The van der Waals surface area contributed by atoms with Gasteiger partial charge >= 0.3 is 11.7 Å². The van der Waals surface area contributed by atoms with Crippen LogP contribution in [0.25, 0.3) is 11.3 Å². The zero-order valence-corrected chi connectivity index (χ0v) is 21.3. The van der Waals surface area contributed by atoms with Gasteiger partial charge in [-0.1, -0.05) is 48.0 Å². The monoisotopic (exact) mass is 552 g/mol. The van der Waals surface area contributed by atoms with Gasteiger partial charge in [-0.25, -0.2) is 4.79 Å². The summed E-state index contributed by atoms with van der Waals surface area (Å²) < 4.78 is 33.7. The fourth-order valence-corrected chi connectivity index (χ4v) is 5.07. The number of ether oxygens (including phenoxy) is 1. The molecule has 0 aliphatic rings. The number of esters is 1. The second-order valence-corrected chi connectivity index (χ2v) is 9.78. The molecule has 4 rings (SSSR count). The Morgan fingerprint density at radius 1 is 1.00 bits per heavy atom. The first kappa shape index (κ1) is 26.9. The molecule has 0 atom stereocenters. The first-order valence-electron chi connectivity index (χ1n) is 11.3. The van der Waals surface area contributed by atoms with Crippen LogP contribution in [-0.2, 0) is 14.8 Å². The fourth-order valence-electron chi connectivity index (χ4n) is 3.66. The van der Waals surface area contributed by atoms with Gasteiger partial charge in [-0.05, 0) is 37.3 Å². The summed E-state index contributed by atoms with van der Waals surface area (Å²) in [4.78, 5) is 34.8. The summed E-state index contributed by atoms with van der Waals surface area (Å²) in [5.41, 5.74) is -1.56. The van der Waals surface area contributed by atoms with Gasteiger partial charge in [-0.2, -0.15) is 8.42 Å². The molecule has 0 saturated carbocycles. The fraction of sp³-hybridized carbons (Fsp3) is 0.125. The van der Waals surface area contributed by atoms with Gasteiger partial charge in [0.2, 0.25) is 5.69 Å². The van der Waals surface area contributed by atoms with Gasteiger partial charge in [-0.15, -0.1) is 14.3 Å². The lowest BCUT2D eigenvalue weighted by Crippen LogP contribution is -2.38. The molecule has 0 unspecified atom stereocenters. The van der Waals surface area contributed by atoms with E-state index in [1.807, 2.05) is 0 Å². The van der Waals surface area contributed by atoms with Crippen LogP contribution in [0.15, 0.2) is 77.7 Å². The molecular weight excluding hydrogens is 532 g/mol. The highest BCUT2D eigenvalue weighted by Crippen LogP contribution is 2.37. The second-order valence-electron chi connectivity index (χ2n) is 8.01. The summed E-state index contributed by atoms with van der Waals surface area (Å²) in [5, 5.41) is 31.1. The van der Waals surface area contributed by atoms with Crippen molar-refractivity contribution in [2.24, 2.45) is 0 Å². The lowest BCUT2D eigenvalue weighted by molar-refractivity contribution is -0.393. The molecule has 4 aromatic rings. The van der Waals surface area contributed by atoms with E-state index >= 15 is 0 Å². The standard InChI is InChI=1S/C24H20N6O8S/c1-3-38-24(31)22-23(17-7-5-4-6-8-17)27(26-25-22)28(39(36,37)19-12-9-16(2)10-13-19)20-14-11-18(29(32)33)15-21(20)30(34)35/h4-15H,3H2,1-2H3. The number of hydrogen-bond donors (Lipinski definition) is 0. The molecule has 0 N–H and O–H groups in total. The number of hydrogen-bond acceptors (Lipinski definition) is 10. The van der Waals surface area contributed by atoms with Crippen molar-refractivity contribution in [3.63, 3.8) is 0 Å². The molecular formula is C24H20N6O8S. The Bertz CT molecular complexity index is 1670. The summed E-state index contributed by atoms with van der Waals surface area (Å²) in [7, 11) is -4.70. The summed E-state index contributed by atoms with van der Waals surface area (Å²) >= 11 is 0. The zero-order valence-electron chi connectivity index (χ0n) is 20.5. The van der Waals surface area contributed by atoms with Crippen LogP contribution < -0.4 is 4.41 Å². The Morgan fingerprint density at radius 3 is 2.26 bits per heavy atom. The summed E-state index contributed by atoms with van der Waals surface area (Å²) in [6.45, 7) is 3.30. The predicted molar refractivity (Wildman–Crippen MR) is 137 cm³/mol. The number of anilines is 1. The molecule has 14 nitrogen and oxygen atoms in total. The van der Waals surface area contributed by atoms with Crippen molar-refractivity contribution in [3.05, 3.63) is 104 Å². The Hall–Kier alpha value is -5.18. The molecule has 0 saturated heterocycles. The van der Waals surface area contributed by atoms with E-state index in [4.69, 9.17) is 4.74 Å². The molecule has 0 amide bonds. The number of benzene rings is 3. The smallest absolute Gasteiger partial charge is 0.361 e. The van der Waals surface area contributed by atoms with E-state index in [9.17, 15) is 33.4 Å². The minimum atomic E-state index is -4.70. The van der Waals surface area contributed by atoms with Gasteiger partial charge in [0.15, 0.2) is 5.69 Å². The molecule has 0 fully saturated rings. The molecule has 0 radical (unpaired) electrons. The van der Waals surface area contributed by atoms with Crippen LogP contribution in [0.5, 0.6) is 0 Å². The number of sulfonamides is 1. The van der Waals surface area contributed by atoms with Gasteiger partial charge in [0.25, 0.3) is 15.7 Å². The van der Waals surface area contributed by atoms with Gasteiger partial charge in [0.05, 0.1) is 27.4 Å². The molecule has 39 heavy (non-hydrogen) atoms. The van der Waals surface area contributed by atoms with E-state index in [1.54, 1.807) is 44.2 Å². The number of carbonyl (C=O) groups is 1. The number of non-ortho nitro benzene ring substituents is 1. The van der Waals surface area contributed by atoms with E-state index < -0.39 is 42.9 Å². The lowest BCUT2D eigenvalue weighted by atomic mass is 10.1. The van der Waals surface area contributed by atoms with Crippen LogP contribution in [0, 0.1) is 27.2 Å². The second kappa shape index (κ2) is 10.7. The van der Waals surface area contributed by atoms with Gasteiger partial charge in [0, 0.05) is 11.6 Å². The number of nitro benzene ring substituents is 2. The highest BCUT2D eigenvalue weighted by molar-refractivity contribution is 7.92. The van der Waals surface area contributed by atoms with Crippen LogP contribution >= 0.6 is 0 Å². The van der Waals surface area contributed by atoms with E-state index in [0.717, 1.165) is 22.5 Å². The minimum Gasteiger partial charge on any atom is -0.461 e. The van der Waals surface area contributed by atoms with E-state index in [-0.39, 0.29) is 22.9 Å². The summed E-state index contributed by atoms with van der Waals surface area (Å²) in [6.07, 6.45) is 0. The number of nitro groups is 2. The third kappa shape index (κ3) is 5.15. The minimum absolute atomic E-state index is 0.0148. The van der Waals surface area contributed by atoms with Crippen molar-refractivity contribution in [2.75, 3.05) is 11.0 Å². The molecule has 200 valence electrons. The Kier molecular flexibility index (Phi) is 7.35. The van der Waals surface area contributed by atoms with Crippen molar-refractivity contribution >= 4 is 33.1 Å². The van der Waals surface area contributed by atoms with Crippen LogP contribution in [0.2, 0.25) is 0 Å². The molecule has 1 heterocycles. The summed E-state index contributed by atoms with van der Waals surface area (Å²) in [6, 6.07) is 16.1. The molecule has 1 aromatic heterocycles. The van der Waals surface area contributed by atoms with E-state index in [2.05, 4.69) is 10.3 Å². The molecule has 0 aliphatic heterocycles. The van der Waals surface area contributed by atoms with Crippen molar-refractivity contribution in [2.45, 2.75) is 18.7 Å². The third-order valence-corrected chi connectivity index (χ3v) is 7.14. The first-order chi connectivity index (χ1) is 18.6. The SMILES string of the molecule is CCOC(=O)c1nnn(N(c2ccc([N+](=O)[O-])cc2[N+](=O)[O-])S(=O)(=O)c2ccc(C)cc2)c1-c1ccccc1. The van der Waals surface area contributed by atoms with E-state index in [0.29, 0.717) is 16.0 Å². The number of carbonyl (C=O) groups excluding carboxylic acids is 1. The Balaban J connectivity index is 2.10. The Morgan fingerprint density at radius 2 is 1.67 bits per heavy atom. The van der Waals surface area contributed by atoms with Crippen molar-refractivity contribution in [1.82, 2.24) is 15.1 Å². The third-order valence-electron chi connectivity index (χ3n) is 5.46. The van der Waals surface area contributed by atoms with Crippen LogP contribution in [0.4, 0.5) is 17.1 Å². The highest BCUT2D eigenvalue weighted by Gasteiger charge is 2.37. The molecule has 0 bridgehead atoms. The summed E-state index contributed by atoms with van der Waals surface area (Å²) in [5.74, 6) is -0.909. The maximum absolute atomic E-state index is 14.1. The normalized spacial score (nSPS) is 11.1. The molecule has 0 aliphatic carbocycles. The van der Waals surface area contributed by atoms with Crippen LogP contribution in [-0.4, -0.2) is 45.9 Å². The van der Waals surface area contributed by atoms with Crippen molar-refractivity contribution in [3.8, 4) is 11.3 Å². The zero-order chi connectivity index (χ0) is 28.3. The number of aromatic nitrogens is 3. The van der Waals surface area contributed by atoms with E-state index in [1.165, 1.54) is 24.3 Å². The molecule has 3 aromatic carbocycles. The maximum Gasteiger partial charge on any atom is 0.361 e. The largest absolute Gasteiger partial charge is 0.461 e. The average Bonchev–Trinajstić information content (AvgIpc) is 3.34. The Labute approximate surface area is 221 Å². The van der Waals surface area contributed by atoms with Crippen LogP contribution in [0.1, 0.15) is 23.0 Å². The molecule has 0 spiro atoms. The van der Waals surface area contributed by atoms with Crippen molar-refractivity contribution < 1.29 is 27.8 Å². The van der Waals surface area contributed by atoms with Crippen LogP contribution in [0.3, 0.4) is 0 Å². The quantitative estimate of drug-likeness (QED) is 0.168. The van der Waals surface area contributed by atoms with Crippen molar-refractivity contribution in [1.29, 1.82) is 0 Å².